The molecule has 0 amide bonds. The van der Waals surface area contributed by atoms with Gasteiger partial charge in [-0.2, -0.15) is 0 Å². The van der Waals surface area contributed by atoms with E-state index in [2.05, 4.69) is 44.4 Å². The number of thiophene rings is 2. The molecule has 0 aliphatic carbocycles. The lowest BCUT2D eigenvalue weighted by atomic mass is 9.95. The van der Waals surface area contributed by atoms with E-state index < -0.39 is 0 Å². The van der Waals surface area contributed by atoms with Gasteiger partial charge in [-0.25, -0.2) is 0 Å². The highest BCUT2D eigenvalue weighted by Crippen LogP contribution is 2.38. The van der Waals surface area contributed by atoms with Gasteiger partial charge >= 0.3 is 0 Å². The first-order valence-corrected chi connectivity index (χ1v) is 10.6. The lowest BCUT2D eigenvalue weighted by Gasteiger charge is -2.13. The second-order valence-corrected chi connectivity index (χ2v) is 9.41. The van der Waals surface area contributed by atoms with Crippen LogP contribution >= 0.6 is 22.7 Å². The highest BCUT2D eigenvalue weighted by molar-refractivity contribution is 7.19. The molecule has 2 aromatic carbocycles. The highest BCUT2D eigenvalue weighted by atomic mass is 32.1. The van der Waals surface area contributed by atoms with Gasteiger partial charge in [0, 0.05) is 14.3 Å². The first kappa shape index (κ1) is 17.4. The summed E-state index contributed by atoms with van der Waals surface area (Å²) in [6.45, 7) is 6.36. The second-order valence-electron chi connectivity index (χ2n) is 7.29. The summed E-state index contributed by atoms with van der Waals surface area (Å²) in [6, 6.07) is 12.3. The zero-order chi connectivity index (χ0) is 18.4. The first-order chi connectivity index (χ1) is 12.4. The number of hydrogen-bond acceptors (Lipinski definition) is 4. The molecule has 0 aliphatic heterocycles. The van der Waals surface area contributed by atoms with Crippen LogP contribution < -0.4 is 0 Å². The lowest BCUT2D eigenvalue weighted by Crippen LogP contribution is -1.97. The third-order valence-corrected chi connectivity index (χ3v) is 6.98. The Hall–Kier alpha value is -2.04. The SMILES string of the molecule is CC(C)c1cc2cc(CC(C)c3cc4sccc4cc3O)sc2cc1O. The molecule has 2 N–H and O–H groups in total. The van der Waals surface area contributed by atoms with Crippen molar-refractivity contribution in [2.45, 2.75) is 39.0 Å². The number of benzene rings is 2. The fourth-order valence-corrected chi connectivity index (χ4v) is 5.56. The molecule has 0 radical (unpaired) electrons. The molecule has 0 bridgehead atoms. The lowest BCUT2D eigenvalue weighted by molar-refractivity contribution is 0.463. The predicted molar refractivity (Wildman–Crippen MR) is 113 cm³/mol. The van der Waals surface area contributed by atoms with Gasteiger partial charge in [-0.3, -0.25) is 0 Å². The largest absolute Gasteiger partial charge is 0.508 e. The molecule has 2 aromatic heterocycles. The molecular formula is C22H22O2S2. The van der Waals surface area contributed by atoms with Crippen LogP contribution in [0.2, 0.25) is 0 Å². The van der Waals surface area contributed by atoms with Crippen molar-refractivity contribution in [1.82, 2.24) is 0 Å². The Kier molecular flexibility index (Phi) is 4.41. The van der Waals surface area contributed by atoms with E-state index in [1.54, 1.807) is 22.7 Å². The summed E-state index contributed by atoms with van der Waals surface area (Å²) in [4.78, 5) is 1.28. The summed E-state index contributed by atoms with van der Waals surface area (Å²) in [5.41, 5.74) is 2.00. The fraction of sp³-hybridized carbons (Fsp3) is 0.273. The highest BCUT2D eigenvalue weighted by Gasteiger charge is 2.16. The molecule has 0 aliphatic rings. The number of hydrogen-bond donors (Lipinski definition) is 2. The van der Waals surface area contributed by atoms with Gasteiger partial charge in [-0.15, -0.1) is 22.7 Å². The topological polar surface area (TPSA) is 40.5 Å². The van der Waals surface area contributed by atoms with E-state index in [-0.39, 0.29) is 5.92 Å². The minimum atomic E-state index is 0.229. The molecule has 134 valence electrons. The molecular weight excluding hydrogens is 360 g/mol. The van der Waals surface area contributed by atoms with E-state index in [0.29, 0.717) is 17.4 Å². The standard InChI is InChI=1S/C22H22O2S2/c1-12(2)17-8-15-7-16(26-22(15)11-20(17)24)6-13(3)18-10-21-14(4-5-25-21)9-19(18)23/h4-5,7-13,23-24H,6H2,1-3H3. The summed E-state index contributed by atoms with van der Waals surface area (Å²) in [6.07, 6.45) is 0.877. The minimum Gasteiger partial charge on any atom is -0.508 e. The van der Waals surface area contributed by atoms with Crippen molar-refractivity contribution in [2.24, 2.45) is 0 Å². The molecule has 0 fully saturated rings. The molecule has 0 saturated heterocycles. The molecule has 26 heavy (non-hydrogen) atoms. The molecule has 1 unspecified atom stereocenters. The quantitative estimate of drug-likeness (QED) is 0.399. The van der Waals surface area contributed by atoms with Crippen LogP contribution in [0.1, 0.15) is 48.6 Å². The van der Waals surface area contributed by atoms with Gasteiger partial charge in [-0.1, -0.05) is 20.8 Å². The molecule has 2 heterocycles. The normalized spacial score (nSPS) is 13.1. The van der Waals surface area contributed by atoms with Gasteiger partial charge in [0.25, 0.3) is 0 Å². The Balaban J connectivity index is 1.66. The summed E-state index contributed by atoms with van der Waals surface area (Å²) in [7, 11) is 0. The van der Waals surface area contributed by atoms with Crippen molar-refractivity contribution < 1.29 is 10.2 Å². The third-order valence-electron chi connectivity index (χ3n) is 4.98. The van der Waals surface area contributed by atoms with E-state index in [0.717, 1.165) is 27.6 Å². The number of rotatable bonds is 4. The summed E-state index contributed by atoms with van der Waals surface area (Å²) in [5.74, 6) is 1.29. The van der Waals surface area contributed by atoms with E-state index in [9.17, 15) is 10.2 Å². The van der Waals surface area contributed by atoms with Crippen LogP contribution in [0.5, 0.6) is 11.5 Å². The van der Waals surface area contributed by atoms with E-state index in [1.807, 2.05) is 18.2 Å². The molecule has 4 aromatic rings. The van der Waals surface area contributed by atoms with E-state index in [1.165, 1.54) is 15.0 Å². The van der Waals surface area contributed by atoms with Crippen molar-refractivity contribution in [1.29, 1.82) is 0 Å². The summed E-state index contributed by atoms with van der Waals surface area (Å²) in [5, 5.41) is 25.0. The Morgan fingerprint density at radius 1 is 0.846 bits per heavy atom. The molecule has 1 atom stereocenters. The van der Waals surface area contributed by atoms with Crippen LogP contribution in [0.15, 0.2) is 41.8 Å². The van der Waals surface area contributed by atoms with Crippen molar-refractivity contribution >= 4 is 42.8 Å². The zero-order valence-corrected chi connectivity index (χ0v) is 16.7. The smallest absolute Gasteiger partial charge is 0.120 e. The maximum Gasteiger partial charge on any atom is 0.120 e. The second kappa shape index (κ2) is 6.60. The van der Waals surface area contributed by atoms with Crippen molar-refractivity contribution in [3.63, 3.8) is 0 Å². The minimum absolute atomic E-state index is 0.229. The van der Waals surface area contributed by atoms with Crippen LogP contribution in [0.4, 0.5) is 0 Å². The molecule has 4 rings (SSSR count). The molecule has 4 heteroatoms. The fourth-order valence-electron chi connectivity index (χ4n) is 3.53. The van der Waals surface area contributed by atoms with Gasteiger partial charge in [0.15, 0.2) is 0 Å². The number of phenols is 2. The van der Waals surface area contributed by atoms with E-state index in [4.69, 9.17) is 0 Å². The number of fused-ring (bicyclic) bond motifs is 2. The Labute approximate surface area is 161 Å². The van der Waals surface area contributed by atoms with Crippen molar-refractivity contribution in [3.8, 4) is 11.5 Å². The maximum atomic E-state index is 10.4. The van der Waals surface area contributed by atoms with Gasteiger partial charge in [0.1, 0.15) is 11.5 Å². The average Bonchev–Trinajstić information content (AvgIpc) is 3.18. The zero-order valence-electron chi connectivity index (χ0n) is 15.1. The van der Waals surface area contributed by atoms with Gasteiger partial charge in [0.05, 0.1) is 0 Å². The molecule has 0 saturated carbocycles. The average molecular weight is 383 g/mol. The van der Waals surface area contributed by atoms with Crippen molar-refractivity contribution in [2.75, 3.05) is 0 Å². The van der Waals surface area contributed by atoms with Crippen LogP contribution in [0, 0.1) is 0 Å². The maximum absolute atomic E-state index is 10.4. The van der Waals surface area contributed by atoms with E-state index >= 15 is 0 Å². The van der Waals surface area contributed by atoms with Crippen molar-refractivity contribution in [3.05, 3.63) is 57.8 Å². The predicted octanol–water partition coefficient (Wildman–Crippen LogP) is 7.00. The van der Waals surface area contributed by atoms with Gasteiger partial charge in [-0.05, 0) is 81.9 Å². The third kappa shape index (κ3) is 3.08. The van der Waals surface area contributed by atoms with Crippen LogP contribution in [-0.2, 0) is 6.42 Å². The Bertz CT molecular complexity index is 1090. The number of phenolic OH excluding ortho intramolecular Hbond substituents is 2. The number of aromatic hydroxyl groups is 2. The van der Waals surface area contributed by atoms with Gasteiger partial charge in [0.2, 0.25) is 0 Å². The summed E-state index contributed by atoms with van der Waals surface area (Å²) >= 11 is 3.43. The summed E-state index contributed by atoms with van der Waals surface area (Å²) < 4.78 is 2.33. The molecule has 0 spiro atoms. The van der Waals surface area contributed by atoms with Crippen LogP contribution in [0.3, 0.4) is 0 Å². The molecule has 2 nitrogen and oxygen atoms in total. The Morgan fingerprint density at radius 3 is 2.38 bits per heavy atom. The van der Waals surface area contributed by atoms with Crippen LogP contribution in [0.25, 0.3) is 20.2 Å². The monoisotopic (exact) mass is 382 g/mol. The van der Waals surface area contributed by atoms with Gasteiger partial charge < -0.3 is 10.2 Å². The first-order valence-electron chi connectivity index (χ1n) is 8.88. The Morgan fingerprint density at radius 2 is 1.62 bits per heavy atom. The van der Waals surface area contributed by atoms with Crippen LogP contribution in [-0.4, -0.2) is 10.2 Å².